The number of hydrogen-bond donors (Lipinski definition) is 1. The molecule has 1 atom stereocenters. The topological polar surface area (TPSA) is 38.3 Å². The van der Waals surface area contributed by atoms with Crippen LogP contribution < -0.4 is 5.32 Å². The van der Waals surface area contributed by atoms with E-state index < -0.39 is 5.60 Å². The standard InChI is InChI=1S/C13H18INO2/c1-9(10-5-7-11(14)8-6-10)15-12(16)17-13(2,3)4/h5-9H,1-4H3,(H,15,16)/t9-/m0/s1. The highest BCUT2D eigenvalue weighted by molar-refractivity contribution is 14.1. The molecule has 17 heavy (non-hydrogen) atoms. The van der Waals surface area contributed by atoms with Gasteiger partial charge in [0.25, 0.3) is 0 Å². The summed E-state index contributed by atoms with van der Waals surface area (Å²) in [5, 5.41) is 2.81. The van der Waals surface area contributed by atoms with E-state index in [4.69, 9.17) is 4.74 Å². The molecule has 94 valence electrons. The van der Waals surface area contributed by atoms with Gasteiger partial charge in [0.15, 0.2) is 0 Å². The molecule has 1 rings (SSSR count). The third kappa shape index (κ3) is 5.39. The first-order valence-corrected chi connectivity index (χ1v) is 6.61. The van der Waals surface area contributed by atoms with E-state index in [1.165, 1.54) is 3.57 Å². The molecule has 0 bridgehead atoms. The van der Waals surface area contributed by atoms with Gasteiger partial charge in [0.2, 0.25) is 0 Å². The highest BCUT2D eigenvalue weighted by atomic mass is 127. The van der Waals surface area contributed by atoms with Crippen LogP contribution in [0.3, 0.4) is 0 Å². The monoisotopic (exact) mass is 347 g/mol. The van der Waals surface area contributed by atoms with E-state index >= 15 is 0 Å². The lowest BCUT2D eigenvalue weighted by molar-refractivity contribution is 0.0508. The fourth-order valence-electron chi connectivity index (χ4n) is 1.32. The molecule has 0 aliphatic heterocycles. The average Bonchev–Trinajstić information content (AvgIpc) is 2.15. The number of benzene rings is 1. The molecule has 0 aromatic heterocycles. The molecular formula is C13H18INO2. The summed E-state index contributed by atoms with van der Waals surface area (Å²) in [5.74, 6) is 0. The normalized spacial score (nSPS) is 13.0. The summed E-state index contributed by atoms with van der Waals surface area (Å²) in [5.41, 5.74) is 0.604. The van der Waals surface area contributed by atoms with Gasteiger partial charge in [0.05, 0.1) is 6.04 Å². The molecule has 4 heteroatoms. The van der Waals surface area contributed by atoms with Gasteiger partial charge in [-0.3, -0.25) is 0 Å². The Labute approximate surface area is 116 Å². The Morgan fingerprint density at radius 1 is 1.29 bits per heavy atom. The Morgan fingerprint density at radius 3 is 2.29 bits per heavy atom. The minimum absolute atomic E-state index is 0.0538. The van der Waals surface area contributed by atoms with Gasteiger partial charge in [-0.15, -0.1) is 0 Å². The number of amides is 1. The summed E-state index contributed by atoms with van der Waals surface area (Å²) in [6, 6.07) is 7.99. The molecule has 0 heterocycles. The molecule has 1 aromatic carbocycles. The first kappa shape index (κ1) is 14.3. The third-order valence-corrected chi connectivity index (χ3v) is 2.82. The van der Waals surface area contributed by atoms with Crippen molar-refractivity contribution in [2.75, 3.05) is 0 Å². The van der Waals surface area contributed by atoms with Crippen molar-refractivity contribution in [1.82, 2.24) is 5.32 Å². The second-order valence-corrected chi connectivity index (χ2v) is 6.17. The number of halogens is 1. The maximum absolute atomic E-state index is 11.6. The lowest BCUT2D eigenvalue weighted by atomic mass is 10.1. The lowest BCUT2D eigenvalue weighted by Crippen LogP contribution is -2.34. The Morgan fingerprint density at radius 2 is 1.82 bits per heavy atom. The largest absolute Gasteiger partial charge is 0.444 e. The Kier molecular flexibility index (Phi) is 4.80. The number of rotatable bonds is 2. The molecule has 0 spiro atoms. The number of carbonyl (C=O) groups excluding carboxylic acids is 1. The van der Waals surface area contributed by atoms with Gasteiger partial charge < -0.3 is 10.1 Å². The summed E-state index contributed by atoms with van der Waals surface area (Å²) in [6.45, 7) is 7.48. The van der Waals surface area contributed by atoms with Gasteiger partial charge in [-0.25, -0.2) is 4.79 Å². The predicted molar refractivity (Wildman–Crippen MR) is 76.9 cm³/mol. The van der Waals surface area contributed by atoms with Crippen LogP contribution in [0.2, 0.25) is 0 Å². The molecule has 1 amide bonds. The van der Waals surface area contributed by atoms with Crippen molar-refractivity contribution in [2.24, 2.45) is 0 Å². The van der Waals surface area contributed by atoms with Gasteiger partial charge in [0, 0.05) is 3.57 Å². The molecule has 0 saturated carbocycles. The van der Waals surface area contributed by atoms with E-state index in [-0.39, 0.29) is 12.1 Å². The molecule has 0 aliphatic carbocycles. The van der Waals surface area contributed by atoms with Crippen LogP contribution in [-0.4, -0.2) is 11.7 Å². The summed E-state index contributed by atoms with van der Waals surface area (Å²) < 4.78 is 6.38. The highest BCUT2D eigenvalue weighted by Gasteiger charge is 2.18. The Hall–Kier alpha value is -0.780. The van der Waals surface area contributed by atoms with E-state index in [9.17, 15) is 4.79 Å². The van der Waals surface area contributed by atoms with Crippen LogP contribution in [0.25, 0.3) is 0 Å². The van der Waals surface area contributed by atoms with Crippen LogP contribution in [0.4, 0.5) is 4.79 Å². The van der Waals surface area contributed by atoms with E-state index in [0.29, 0.717) is 0 Å². The van der Waals surface area contributed by atoms with E-state index in [1.54, 1.807) is 0 Å². The first-order valence-electron chi connectivity index (χ1n) is 5.53. The second-order valence-electron chi connectivity index (χ2n) is 4.92. The summed E-state index contributed by atoms with van der Waals surface area (Å²) in [7, 11) is 0. The minimum Gasteiger partial charge on any atom is -0.444 e. The number of hydrogen-bond acceptors (Lipinski definition) is 2. The van der Waals surface area contributed by atoms with Crippen molar-refractivity contribution in [3.63, 3.8) is 0 Å². The lowest BCUT2D eigenvalue weighted by Gasteiger charge is -2.22. The minimum atomic E-state index is -0.462. The van der Waals surface area contributed by atoms with Crippen LogP contribution in [0.15, 0.2) is 24.3 Å². The molecule has 0 saturated heterocycles. The fraction of sp³-hybridized carbons (Fsp3) is 0.462. The number of nitrogens with one attached hydrogen (secondary N) is 1. The first-order chi connectivity index (χ1) is 7.78. The Bertz CT molecular complexity index is 381. The molecule has 1 aromatic rings. The van der Waals surface area contributed by atoms with Crippen LogP contribution in [0.1, 0.15) is 39.3 Å². The third-order valence-electron chi connectivity index (χ3n) is 2.10. The summed E-state index contributed by atoms with van der Waals surface area (Å²) in [4.78, 5) is 11.6. The molecule has 0 fully saturated rings. The average molecular weight is 347 g/mol. The zero-order valence-corrected chi connectivity index (χ0v) is 12.7. The Balaban J connectivity index is 2.57. The van der Waals surface area contributed by atoms with Crippen molar-refractivity contribution in [3.8, 4) is 0 Å². The second kappa shape index (κ2) is 5.71. The van der Waals surface area contributed by atoms with Crippen molar-refractivity contribution < 1.29 is 9.53 Å². The summed E-state index contributed by atoms with van der Waals surface area (Å²) in [6.07, 6.45) is -0.386. The van der Waals surface area contributed by atoms with Gasteiger partial charge >= 0.3 is 6.09 Å². The number of alkyl carbamates (subject to hydrolysis) is 1. The predicted octanol–water partition coefficient (Wildman–Crippen LogP) is 3.88. The van der Waals surface area contributed by atoms with Gasteiger partial charge in [-0.1, -0.05) is 12.1 Å². The maximum atomic E-state index is 11.6. The van der Waals surface area contributed by atoms with E-state index in [1.807, 2.05) is 52.0 Å². The van der Waals surface area contributed by atoms with Crippen LogP contribution >= 0.6 is 22.6 Å². The van der Waals surface area contributed by atoms with Crippen LogP contribution in [-0.2, 0) is 4.74 Å². The van der Waals surface area contributed by atoms with E-state index in [2.05, 4.69) is 27.9 Å². The zero-order chi connectivity index (χ0) is 13.1. The molecule has 0 unspecified atom stereocenters. The van der Waals surface area contributed by atoms with Crippen molar-refractivity contribution in [2.45, 2.75) is 39.3 Å². The molecule has 0 aliphatic rings. The van der Waals surface area contributed by atoms with E-state index in [0.717, 1.165) is 5.56 Å². The zero-order valence-electron chi connectivity index (χ0n) is 10.6. The fourth-order valence-corrected chi connectivity index (χ4v) is 1.68. The molecular weight excluding hydrogens is 329 g/mol. The van der Waals surface area contributed by atoms with Crippen LogP contribution in [0, 0.1) is 3.57 Å². The van der Waals surface area contributed by atoms with Gasteiger partial charge in [-0.05, 0) is 68.0 Å². The quantitative estimate of drug-likeness (QED) is 0.825. The molecule has 3 nitrogen and oxygen atoms in total. The summed E-state index contributed by atoms with van der Waals surface area (Å²) >= 11 is 2.25. The smallest absolute Gasteiger partial charge is 0.408 e. The number of ether oxygens (including phenoxy) is 1. The van der Waals surface area contributed by atoms with Gasteiger partial charge in [0.1, 0.15) is 5.60 Å². The molecule has 0 radical (unpaired) electrons. The SMILES string of the molecule is C[C@H](NC(=O)OC(C)(C)C)c1ccc(I)cc1. The van der Waals surface area contributed by atoms with Crippen LogP contribution in [0.5, 0.6) is 0 Å². The number of carbonyl (C=O) groups is 1. The van der Waals surface area contributed by atoms with Crippen molar-refractivity contribution >= 4 is 28.7 Å². The van der Waals surface area contributed by atoms with Crippen molar-refractivity contribution in [1.29, 1.82) is 0 Å². The highest BCUT2D eigenvalue weighted by Crippen LogP contribution is 2.15. The maximum Gasteiger partial charge on any atom is 0.408 e. The van der Waals surface area contributed by atoms with Crippen molar-refractivity contribution in [3.05, 3.63) is 33.4 Å². The van der Waals surface area contributed by atoms with Gasteiger partial charge in [-0.2, -0.15) is 0 Å². The molecule has 1 N–H and O–H groups in total.